The zero-order valence-electron chi connectivity index (χ0n) is 18.6. The van der Waals surface area contributed by atoms with Crippen LogP contribution in [0.3, 0.4) is 0 Å². The molecule has 0 aliphatic rings. The predicted molar refractivity (Wildman–Crippen MR) is 153 cm³/mol. The molecule has 0 spiro atoms. The summed E-state index contributed by atoms with van der Waals surface area (Å²) in [6, 6.07) is 18.7. The lowest BCUT2D eigenvalue weighted by Gasteiger charge is -2.14. The molecule has 186 valence electrons. The van der Waals surface area contributed by atoms with Gasteiger partial charge < -0.3 is 20.4 Å². The third-order valence-electron chi connectivity index (χ3n) is 5.75. The lowest BCUT2D eigenvalue weighted by molar-refractivity contribution is 0.475. The van der Waals surface area contributed by atoms with Crippen LogP contribution in [-0.4, -0.2) is 20.4 Å². The van der Waals surface area contributed by atoms with Gasteiger partial charge in [-0.1, -0.05) is 46.4 Å². The van der Waals surface area contributed by atoms with Crippen LogP contribution in [0.15, 0.2) is 72.8 Å². The highest BCUT2D eigenvalue weighted by atomic mass is 35.5. The number of aromatic hydroxyl groups is 4. The summed E-state index contributed by atoms with van der Waals surface area (Å²) >= 11 is 27.9. The van der Waals surface area contributed by atoms with Gasteiger partial charge in [0.2, 0.25) is 0 Å². The van der Waals surface area contributed by atoms with Crippen molar-refractivity contribution in [2.45, 2.75) is 0 Å². The van der Waals surface area contributed by atoms with Crippen molar-refractivity contribution in [1.82, 2.24) is 0 Å². The molecule has 9 heteroatoms. The van der Waals surface area contributed by atoms with Crippen LogP contribution in [0.2, 0.25) is 20.1 Å². The van der Waals surface area contributed by atoms with E-state index in [9.17, 15) is 20.4 Å². The van der Waals surface area contributed by atoms with Gasteiger partial charge in [0, 0.05) is 43.1 Å². The van der Waals surface area contributed by atoms with E-state index < -0.39 is 0 Å². The van der Waals surface area contributed by atoms with E-state index in [0.29, 0.717) is 53.2 Å². The van der Waals surface area contributed by atoms with E-state index in [2.05, 4.69) is 0 Å². The minimum absolute atomic E-state index is 0.000728. The highest BCUT2D eigenvalue weighted by molar-refractivity contribution is 7.20. The molecule has 4 aromatic carbocycles. The summed E-state index contributed by atoms with van der Waals surface area (Å²) < 4.78 is 0. The fourth-order valence-electron chi connectivity index (χ4n) is 4.11. The maximum absolute atomic E-state index is 10.0. The predicted octanol–water partition coefficient (Wildman–Crippen LogP) is 9.85. The van der Waals surface area contributed by atoms with Crippen LogP contribution in [0.1, 0.15) is 0 Å². The summed E-state index contributed by atoms with van der Waals surface area (Å²) in [5.74, 6) is 0.0229. The molecule has 1 aromatic heterocycles. The number of halogens is 4. The molecular formula is C28H16Cl4O4S. The second-order valence-electron chi connectivity index (χ2n) is 8.17. The van der Waals surface area contributed by atoms with Crippen molar-refractivity contribution in [2.24, 2.45) is 0 Å². The average molecular weight is 590 g/mol. The average Bonchev–Trinajstić information content (AvgIpc) is 3.18. The van der Waals surface area contributed by atoms with Crippen molar-refractivity contribution in [2.75, 3.05) is 0 Å². The number of rotatable bonds is 4. The molecule has 0 amide bonds. The van der Waals surface area contributed by atoms with Gasteiger partial charge in [-0.2, -0.15) is 0 Å². The van der Waals surface area contributed by atoms with Crippen molar-refractivity contribution in [1.29, 1.82) is 0 Å². The van der Waals surface area contributed by atoms with E-state index in [1.165, 1.54) is 59.9 Å². The minimum atomic E-state index is -0.000728. The fraction of sp³-hybridized carbons (Fsp3) is 0. The van der Waals surface area contributed by atoms with E-state index in [4.69, 9.17) is 46.4 Å². The first-order chi connectivity index (χ1) is 17.6. The molecule has 0 fully saturated rings. The molecule has 5 rings (SSSR count). The number of phenolic OH excluding ortho intramolecular Hbond substituents is 4. The summed E-state index contributed by atoms with van der Waals surface area (Å²) in [6.07, 6.45) is 0. The molecule has 0 aliphatic heterocycles. The Kier molecular flexibility index (Phi) is 6.92. The second-order valence-corrected chi connectivity index (χ2v) is 10.8. The Hall–Kier alpha value is -3.06. The largest absolute Gasteiger partial charge is 0.508 e. The number of benzene rings is 4. The summed E-state index contributed by atoms with van der Waals surface area (Å²) in [7, 11) is 0. The normalized spacial score (nSPS) is 11.1. The summed E-state index contributed by atoms with van der Waals surface area (Å²) in [6.45, 7) is 0. The molecule has 0 atom stereocenters. The fourth-order valence-corrected chi connectivity index (χ4v) is 6.71. The van der Waals surface area contributed by atoms with Crippen molar-refractivity contribution in [3.8, 4) is 66.1 Å². The molecule has 37 heavy (non-hydrogen) atoms. The lowest BCUT2D eigenvalue weighted by Crippen LogP contribution is -1.89. The Bertz CT molecular complexity index is 1560. The van der Waals surface area contributed by atoms with Crippen LogP contribution in [0, 0.1) is 0 Å². The first-order valence-corrected chi connectivity index (χ1v) is 13.1. The monoisotopic (exact) mass is 588 g/mol. The van der Waals surface area contributed by atoms with Crippen LogP contribution in [-0.2, 0) is 0 Å². The van der Waals surface area contributed by atoms with Gasteiger partial charge in [-0.05, 0) is 72.8 Å². The number of hydrogen-bond donors (Lipinski definition) is 4. The van der Waals surface area contributed by atoms with E-state index >= 15 is 0 Å². The summed E-state index contributed by atoms with van der Waals surface area (Å²) in [4.78, 5) is 1.41. The molecule has 0 aliphatic carbocycles. The highest BCUT2D eigenvalue weighted by Gasteiger charge is 2.28. The molecule has 1 heterocycles. The van der Waals surface area contributed by atoms with Crippen molar-refractivity contribution in [3.63, 3.8) is 0 Å². The van der Waals surface area contributed by atoms with Gasteiger partial charge in [-0.15, -0.1) is 11.3 Å². The second kappa shape index (κ2) is 10.0. The molecular weight excluding hydrogens is 574 g/mol. The van der Waals surface area contributed by atoms with Gasteiger partial charge >= 0.3 is 0 Å². The molecule has 5 aromatic rings. The topological polar surface area (TPSA) is 80.9 Å². The standard InChI is InChI=1S/C28H16Cl4O4S/c29-21-9-13(33)1-5-17(21)25-26(18-6-2-14(34)10-22(18)30)28(20-8-4-16(36)12-24(20)32)37-27(25)19-7-3-15(35)11-23(19)31/h1-12,33-36H. The van der Waals surface area contributed by atoms with Crippen molar-refractivity contribution in [3.05, 3.63) is 92.9 Å². The summed E-state index contributed by atoms with van der Waals surface area (Å²) in [5, 5.41) is 41.2. The Balaban J connectivity index is 1.98. The molecule has 0 saturated heterocycles. The maximum atomic E-state index is 10.0. The molecule has 4 nitrogen and oxygen atoms in total. The van der Waals surface area contributed by atoms with Gasteiger partial charge in [0.15, 0.2) is 0 Å². The smallest absolute Gasteiger partial charge is 0.117 e. The van der Waals surface area contributed by atoms with E-state index in [1.807, 2.05) is 0 Å². The Morgan fingerprint density at radius 1 is 0.405 bits per heavy atom. The van der Waals surface area contributed by atoms with Crippen LogP contribution < -0.4 is 0 Å². The first-order valence-electron chi connectivity index (χ1n) is 10.8. The quantitative estimate of drug-likeness (QED) is 0.168. The Morgan fingerprint density at radius 3 is 0.946 bits per heavy atom. The molecule has 0 radical (unpaired) electrons. The summed E-state index contributed by atoms with van der Waals surface area (Å²) in [5.41, 5.74) is 3.76. The zero-order valence-corrected chi connectivity index (χ0v) is 22.5. The van der Waals surface area contributed by atoms with E-state index in [1.54, 1.807) is 24.3 Å². The van der Waals surface area contributed by atoms with Crippen LogP contribution >= 0.6 is 57.7 Å². The lowest BCUT2D eigenvalue weighted by atomic mass is 9.91. The van der Waals surface area contributed by atoms with Gasteiger partial charge in [0.05, 0.1) is 20.1 Å². The van der Waals surface area contributed by atoms with Gasteiger partial charge in [-0.3, -0.25) is 0 Å². The highest BCUT2D eigenvalue weighted by Crippen LogP contribution is 2.56. The van der Waals surface area contributed by atoms with Crippen LogP contribution in [0.25, 0.3) is 43.1 Å². The van der Waals surface area contributed by atoms with Crippen molar-refractivity contribution >= 4 is 57.7 Å². The maximum Gasteiger partial charge on any atom is 0.117 e. The van der Waals surface area contributed by atoms with Crippen molar-refractivity contribution < 1.29 is 20.4 Å². The van der Waals surface area contributed by atoms with Gasteiger partial charge in [-0.25, -0.2) is 0 Å². The van der Waals surface area contributed by atoms with E-state index in [-0.39, 0.29) is 33.0 Å². The zero-order chi connectivity index (χ0) is 26.4. The van der Waals surface area contributed by atoms with Crippen LogP contribution in [0.5, 0.6) is 23.0 Å². The number of thiophene rings is 1. The Morgan fingerprint density at radius 2 is 0.676 bits per heavy atom. The molecule has 4 N–H and O–H groups in total. The molecule has 0 saturated carbocycles. The Labute approximate surface area is 236 Å². The van der Waals surface area contributed by atoms with Crippen LogP contribution in [0.4, 0.5) is 0 Å². The number of phenols is 4. The first kappa shape index (κ1) is 25.6. The minimum Gasteiger partial charge on any atom is -0.508 e. The van der Waals surface area contributed by atoms with Gasteiger partial charge in [0.25, 0.3) is 0 Å². The third kappa shape index (κ3) is 4.81. The molecule has 0 bridgehead atoms. The molecule has 0 unspecified atom stereocenters. The van der Waals surface area contributed by atoms with Gasteiger partial charge in [0.1, 0.15) is 23.0 Å². The van der Waals surface area contributed by atoms with E-state index in [0.717, 1.165) is 0 Å². The third-order valence-corrected chi connectivity index (χ3v) is 8.25. The number of hydrogen-bond acceptors (Lipinski definition) is 5. The SMILES string of the molecule is Oc1ccc(-c2sc(-c3ccc(O)cc3Cl)c(-c3ccc(O)cc3Cl)c2-c2ccc(O)cc2Cl)c(Cl)c1.